The Labute approximate surface area is 192 Å². The van der Waals surface area contributed by atoms with E-state index in [9.17, 15) is 23.2 Å². The molecule has 0 saturated heterocycles. The van der Waals surface area contributed by atoms with E-state index in [1.54, 1.807) is 5.32 Å². The monoisotopic (exact) mass is 467 g/mol. The predicted molar refractivity (Wildman–Crippen MR) is 118 cm³/mol. The van der Waals surface area contributed by atoms with Crippen LogP contribution in [-0.4, -0.2) is 47.1 Å². The first kappa shape index (κ1) is 22.8. The molecule has 0 bridgehead atoms. The Bertz CT molecular complexity index is 1200. The van der Waals surface area contributed by atoms with Crippen molar-refractivity contribution in [2.75, 3.05) is 18.5 Å². The zero-order chi connectivity index (χ0) is 24.3. The fourth-order valence-electron chi connectivity index (χ4n) is 3.71. The van der Waals surface area contributed by atoms with Crippen LogP contribution in [0.5, 0.6) is 0 Å². The van der Waals surface area contributed by atoms with Crippen LogP contribution >= 0.6 is 0 Å². The number of nitrogens with zero attached hydrogens (tertiary/aromatic N) is 1. The van der Waals surface area contributed by atoms with Crippen LogP contribution in [0.4, 0.5) is 19.3 Å². The molecule has 0 aliphatic heterocycles. The van der Waals surface area contributed by atoms with Crippen LogP contribution in [0.15, 0.2) is 66.9 Å². The molecule has 174 valence electrons. The zero-order valence-corrected chi connectivity index (χ0v) is 17.6. The number of carbonyl (C=O) groups is 3. The van der Waals surface area contributed by atoms with Gasteiger partial charge in [-0.25, -0.2) is 14.6 Å². The van der Waals surface area contributed by atoms with Crippen LogP contribution in [-0.2, 0) is 9.53 Å². The SMILES string of the molecule is O=C(Nc1ccc(C(=O)NCC(F)(F)C(=O)O)nc1)OCC1c2ccccc2-c2ccccc21. The number of alkyl halides is 2. The summed E-state index contributed by atoms with van der Waals surface area (Å²) in [5.74, 6) is -7.52. The maximum absolute atomic E-state index is 13.1. The smallest absolute Gasteiger partial charge is 0.411 e. The first-order chi connectivity index (χ1) is 16.3. The maximum atomic E-state index is 13.1. The van der Waals surface area contributed by atoms with Crippen molar-refractivity contribution >= 4 is 23.7 Å². The van der Waals surface area contributed by atoms with Gasteiger partial charge < -0.3 is 15.2 Å². The summed E-state index contributed by atoms with van der Waals surface area (Å²) in [5.41, 5.74) is 4.35. The van der Waals surface area contributed by atoms with E-state index in [4.69, 9.17) is 9.84 Å². The average molecular weight is 467 g/mol. The number of hydrogen-bond donors (Lipinski definition) is 3. The summed E-state index contributed by atoms with van der Waals surface area (Å²) in [7, 11) is 0. The van der Waals surface area contributed by atoms with E-state index in [0.29, 0.717) is 0 Å². The van der Waals surface area contributed by atoms with Crippen molar-refractivity contribution < 1.29 is 33.0 Å². The lowest BCUT2D eigenvalue weighted by Crippen LogP contribution is -2.42. The van der Waals surface area contributed by atoms with Crippen molar-refractivity contribution in [3.63, 3.8) is 0 Å². The highest BCUT2D eigenvalue weighted by molar-refractivity contribution is 5.93. The van der Waals surface area contributed by atoms with E-state index in [0.717, 1.165) is 28.5 Å². The third kappa shape index (κ3) is 4.70. The molecule has 0 spiro atoms. The Morgan fingerprint density at radius 2 is 1.59 bits per heavy atom. The predicted octanol–water partition coefficient (Wildman–Crippen LogP) is 3.89. The summed E-state index contributed by atoms with van der Waals surface area (Å²) >= 11 is 0. The number of aromatic nitrogens is 1. The molecular formula is C24H19F2N3O5. The molecule has 1 aliphatic rings. The molecule has 4 rings (SSSR count). The number of pyridine rings is 1. The minimum absolute atomic E-state index is 0.105. The first-order valence-corrected chi connectivity index (χ1v) is 10.2. The zero-order valence-electron chi connectivity index (χ0n) is 17.6. The van der Waals surface area contributed by atoms with Gasteiger partial charge in [-0.3, -0.25) is 10.1 Å². The summed E-state index contributed by atoms with van der Waals surface area (Å²) < 4.78 is 31.6. The van der Waals surface area contributed by atoms with E-state index < -0.39 is 30.4 Å². The number of hydrogen-bond acceptors (Lipinski definition) is 5. The van der Waals surface area contributed by atoms with E-state index in [1.165, 1.54) is 12.1 Å². The molecule has 10 heteroatoms. The molecular weight excluding hydrogens is 448 g/mol. The molecule has 0 atom stereocenters. The number of nitrogens with one attached hydrogen (secondary N) is 2. The van der Waals surface area contributed by atoms with Gasteiger partial charge in [-0.1, -0.05) is 48.5 Å². The van der Waals surface area contributed by atoms with Crippen LogP contribution in [0.25, 0.3) is 11.1 Å². The fraction of sp³-hybridized carbons (Fsp3) is 0.167. The fourth-order valence-corrected chi connectivity index (χ4v) is 3.71. The first-order valence-electron chi connectivity index (χ1n) is 10.2. The number of carboxylic acids is 1. The van der Waals surface area contributed by atoms with Gasteiger partial charge in [0.05, 0.1) is 18.4 Å². The van der Waals surface area contributed by atoms with Gasteiger partial charge in [-0.2, -0.15) is 8.78 Å². The number of ether oxygens (including phenoxy) is 1. The van der Waals surface area contributed by atoms with Crippen LogP contribution in [0.3, 0.4) is 0 Å². The maximum Gasteiger partial charge on any atom is 0.411 e. The van der Waals surface area contributed by atoms with Gasteiger partial charge in [0.1, 0.15) is 12.3 Å². The van der Waals surface area contributed by atoms with Crippen molar-refractivity contribution in [2.45, 2.75) is 11.8 Å². The van der Waals surface area contributed by atoms with Gasteiger partial charge >= 0.3 is 18.0 Å². The molecule has 1 aliphatic carbocycles. The normalized spacial score (nSPS) is 12.4. The molecule has 0 unspecified atom stereocenters. The topological polar surface area (TPSA) is 118 Å². The lowest BCUT2D eigenvalue weighted by Gasteiger charge is -2.14. The number of carboxylic acid groups (broad SMARTS) is 1. The highest BCUT2D eigenvalue weighted by atomic mass is 19.3. The third-order valence-corrected chi connectivity index (χ3v) is 5.37. The van der Waals surface area contributed by atoms with Crippen molar-refractivity contribution in [3.05, 3.63) is 83.7 Å². The summed E-state index contributed by atoms with van der Waals surface area (Å²) in [5, 5.41) is 12.7. The summed E-state index contributed by atoms with van der Waals surface area (Å²) in [6.45, 7) is -1.26. The molecule has 3 aromatic rings. The lowest BCUT2D eigenvalue weighted by molar-refractivity contribution is -0.163. The van der Waals surface area contributed by atoms with E-state index in [2.05, 4.69) is 10.3 Å². The summed E-state index contributed by atoms with van der Waals surface area (Å²) in [6.07, 6.45) is 0.438. The van der Waals surface area contributed by atoms with Crippen LogP contribution in [0, 0.1) is 0 Å². The second-order valence-corrected chi connectivity index (χ2v) is 7.57. The number of halogens is 2. The van der Waals surface area contributed by atoms with Crippen LogP contribution in [0.2, 0.25) is 0 Å². The average Bonchev–Trinajstić information content (AvgIpc) is 3.15. The molecule has 1 heterocycles. The molecule has 3 N–H and O–H groups in total. The summed E-state index contributed by atoms with van der Waals surface area (Å²) in [4.78, 5) is 38.4. The van der Waals surface area contributed by atoms with Crippen molar-refractivity contribution in [3.8, 4) is 11.1 Å². The highest BCUT2D eigenvalue weighted by Gasteiger charge is 2.39. The van der Waals surface area contributed by atoms with Gasteiger partial charge in [-0.15, -0.1) is 0 Å². The Balaban J connectivity index is 1.34. The quantitative estimate of drug-likeness (QED) is 0.485. The van der Waals surface area contributed by atoms with Gasteiger partial charge in [-0.05, 0) is 34.4 Å². The minimum Gasteiger partial charge on any atom is -0.477 e. The number of benzene rings is 2. The number of carbonyl (C=O) groups excluding carboxylic acids is 2. The Morgan fingerprint density at radius 1 is 0.971 bits per heavy atom. The van der Waals surface area contributed by atoms with Gasteiger partial charge in [0.15, 0.2) is 0 Å². The van der Waals surface area contributed by atoms with Crippen molar-refractivity contribution in [2.24, 2.45) is 0 Å². The molecule has 1 aromatic heterocycles. The Morgan fingerprint density at radius 3 is 2.15 bits per heavy atom. The molecule has 0 saturated carbocycles. The molecule has 0 radical (unpaired) electrons. The standard InChI is InChI=1S/C24H19F2N3O5/c25-24(26,22(31)32)13-28-21(30)20-10-9-14(11-27-20)29-23(33)34-12-19-17-7-3-1-5-15(17)16-6-2-4-8-18(16)19/h1-11,19H,12-13H2,(H,28,30)(H,29,33)(H,31,32). The number of amides is 2. The highest BCUT2D eigenvalue weighted by Crippen LogP contribution is 2.44. The molecule has 0 fully saturated rings. The molecule has 8 nitrogen and oxygen atoms in total. The number of aliphatic carboxylic acids is 1. The summed E-state index contributed by atoms with van der Waals surface area (Å²) in [6, 6.07) is 18.4. The van der Waals surface area contributed by atoms with Gasteiger partial charge in [0.2, 0.25) is 0 Å². The van der Waals surface area contributed by atoms with Gasteiger partial charge in [0.25, 0.3) is 5.91 Å². The third-order valence-electron chi connectivity index (χ3n) is 5.37. The van der Waals surface area contributed by atoms with Crippen LogP contribution in [0.1, 0.15) is 27.5 Å². The molecule has 34 heavy (non-hydrogen) atoms. The number of anilines is 1. The lowest BCUT2D eigenvalue weighted by atomic mass is 9.98. The Kier molecular flexibility index (Phi) is 6.22. The number of fused-ring (bicyclic) bond motifs is 3. The van der Waals surface area contributed by atoms with Crippen molar-refractivity contribution in [1.29, 1.82) is 0 Å². The van der Waals surface area contributed by atoms with Crippen molar-refractivity contribution in [1.82, 2.24) is 10.3 Å². The minimum atomic E-state index is -4.10. The second kappa shape index (κ2) is 9.26. The molecule has 2 aromatic carbocycles. The van der Waals surface area contributed by atoms with E-state index in [-0.39, 0.29) is 23.9 Å². The second-order valence-electron chi connectivity index (χ2n) is 7.57. The van der Waals surface area contributed by atoms with Crippen LogP contribution < -0.4 is 10.6 Å². The van der Waals surface area contributed by atoms with Gasteiger partial charge in [0, 0.05) is 5.92 Å². The number of rotatable bonds is 7. The largest absolute Gasteiger partial charge is 0.477 e. The molecule has 2 amide bonds. The Hall–Kier alpha value is -4.34. The van der Waals surface area contributed by atoms with E-state index in [1.807, 2.05) is 48.5 Å². The van der Waals surface area contributed by atoms with E-state index >= 15 is 0 Å².